The fourth-order valence-electron chi connectivity index (χ4n) is 4.18. The van der Waals surface area contributed by atoms with Crippen molar-refractivity contribution in [2.75, 3.05) is 16.4 Å². The van der Waals surface area contributed by atoms with Crippen molar-refractivity contribution >= 4 is 39.9 Å². The van der Waals surface area contributed by atoms with Crippen LogP contribution in [0.4, 0.5) is 22.0 Å². The molecule has 0 unspecified atom stereocenters. The monoisotopic (exact) mass is 496 g/mol. The van der Waals surface area contributed by atoms with Gasteiger partial charge in [0.15, 0.2) is 11.5 Å². The zero-order valence-corrected chi connectivity index (χ0v) is 20.4. The van der Waals surface area contributed by atoms with Crippen molar-refractivity contribution in [1.29, 1.82) is 0 Å². The first kappa shape index (κ1) is 23.9. The summed E-state index contributed by atoms with van der Waals surface area (Å²) in [5, 5.41) is 12.0. The van der Waals surface area contributed by atoms with Crippen LogP contribution in [0.5, 0.6) is 0 Å². The van der Waals surface area contributed by atoms with Gasteiger partial charge in [0.1, 0.15) is 0 Å². The third-order valence-corrected chi connectivity index (χ3v) is 6.01. The van der Waals surface area contributed by atoms with E-state index in [0.717, 1.165) is 33.2 Å². The molecule has 2 aromatic carbocycles. The van der Waals surface area contributed by atoms with Gasteiger partial charge in [0, 0.05) is 34.9 Å². The van der Waals surface area contributed by atoms with E-state index in [1.54, 1.807) is 29.0 Å². The number of rotatable bonds is 7. The van der Waals surface area contributed by atoms with E-state index >= 15 is 0 Å². The van der Waals surface area contributed by atoms with Crippen molar-refractivity contribution in [3.63, 3.8) is 0 Å². The van der Waals surface area contributed by atoms with Crippen LogP contribution in [0.1, 0.15) is 30.9 Å². The summed E-state index contributed by atoms with van der Waals surface area (Å²) in [7, 11) is 0. The number of hydrogen-bond donors (Lipinski definition) is 3. The minimum absolute atomic E-state index is 0.167. The lowest BCUT2D eigenvalue weighted by atomic mass is 9.99. The minimum Gasteiger partial charge on any atom is -0.368 e. The normalized spacial score (nSPS) is 11.2. The maximum absolute atomic E-state index is 13.1. The second kappa shape index (κ2) is 9.65. The number of nitrogens with two attached hydrogens (primary N) is 1. The summed E-state index contributed by atoms with van der Waals surface area (Å²) in [5.41, 5.74) is 10.8. The molecule has 0 radical (unpaired) electrons. The van der Waals surface area contributed by atoms with Gasteiger partial charge in [-0.15, -0.1) is 0 Å². The summed E-state index contributed by atoms with van der Waals surface area (Å²) in [6.45, 7) is 7.61. The molecule has 4 N–H and O–H groups in total. The first-order valence-electron chi connectivity index (χ1n) is 11.7. The highest BCUT2D eigenvalue weighted by atomic mass is 19.1. The molecule has 0 bridgehead atoms. The number of hydrogen-bond acceptors (Lipinski definition) is 7. The Morgan fingerprint density at radius 3 is 2.76 bits per heavy atom. The van der Waals surface area contributed by atoms with Crippen molar-refractivity contribution < 1.29 is 9.18 Å². The molecule has 1 amide bonds. The molecule has 0 fully saturated rings. The van der Waals surface area contributed by atoms with E-state index in [1.807, 2.05) is 36.4 Å². The summed E-state index contributed by atoms with van der Waals surface area (Å²) in [6.07, 6.45) is 3.49. The number of fused-ring (bicyclic) bond motifs is 2. The SMILES string of the molecule is C=C(F)C(=O)Nc1ccc2c(-c3ccccc3CNc3nc(N)nc4c(C(C)C)cnn34)nccc2c1. The lowest BCUT2D eigenvalue weighted by molar-refractivity contribution is -0.114. The number of anilines is 3. The number of nitrogens with one attached hydrogen (secondary N) is 2. The fourth-order valence-corrected chi connectivity index (χ4v) is 4.18. The van der Waals surface area contributed by atoms with E-state index in [0.29, 0.717) is 23.8 Å². The fraction of sp³-hybridized carbons (Fsp3) is 0.148. The van der Waals surface area contributed by atoms with Gasteiger partial charge in [-0.1, -0.05) is 50.8 Å². The van der Waals surface area contributed by atoms with Crippen molar-refractivity contribution in [2.45, 2.75) is 26.3 Å². The molecule has 0 aliphatic carbocycles. The molecule has 0 atom stereocenters. The number of nitrogens with zero attached hydrogens (tertiary/aromatic N) is 5. The Kier molecular flexibility index (Phi) is 6.22. The van der Waals surface area contributed by atoms with Gasteiger partial charge in [-0.2, -0.15) is 19.6 Å². The zero-order valence-electron chi connectivity index (χ0n) is 20.4. The highest BCUT2D eigenvalue weighted by Crippen LogP contribution is 2.31. The van der Waals surface area contributed by atoms with Gasteiger partial charge in [0.25, 0.3) is 5.91 Å². The van der Waals surface area contributed by atoms with Gasteiger partial charge < -0.3 is 16.4 Å². The molecular weight excluding hydrogens is 471 g/mol. The standard InChI is InChI=1S/C27H25FN8O/c1-15(2)22-14-32-36-24(22)34-26(29)35-27(36)31-13-18-6-4-5-7-20(18)23-21-9-8-19(33-25(37)16(3)28)12-17(21)10-11-30-23/h4-12,14-15H,3,13H2,1-2H3,(H,33,37)(H3,29,31,34,35). The Morgan fingerprint density at radius 2 is 1.97 bits per heavy atom. The molecule has 186 valence electrons. The second-order valence-electron chi connectivity index (χ2n) is 8.86. The van der Waals surface area contributed by atoms with Crippen LogP contribution in [0, 0.1) is 0 Å². The van der Waals surface area contributed by atoms with Crippen LogP contribution < -0.4 is 16.4 Å². The maximum Gasteiger partial charge on any atom is 0.283 e. The largest absolute Gasteiger partial charge is 0.368 e. The summed E-state index contributed by atoms with van der Waals surface area (Å²) >= 11 is 0. The molecule has 0 aliphatic rings. The number of halogens is 1. The summed E-state index contributed by atoms with van der Waals surface area (Å²) in [4.78, 5) is 25.1. The number of aromatic nitrogens is 5. The van der Waals surface area contributed by atoms with E-state index in [2.05, 4.69) is 51.1 Å². The van der Waals surface area contributed by atoms with Gasteiger partial charge >= 0.3 is 0 Å². The third kappa shape index (κ3) is 4.68. The van der Waals surface area contributed by atoms with Gasteiger partial charge in [-0.05, 0) is 35.1 Å². The predicted molar refractivity (Wildman–Crippen MR) is 143 cm³/mol. The van der Waals surface area contributed by atoms with Crippen LogP contribution >= 0.6 is 0 Å². The summed E-state index contributed by atoms with van der Waals surface area (Å²) < 4.78 is 14.8. The van der Waals surface area contributed by atoms with Crippen molar-refractivity contribution in [2.24, 2.45) is 0 Å². The van der Waals surface area contributed by atoms with Crippen LogP contribution in [-0.4, -0.2) is 30.5 Å². The molecule has 5 rings (SSSR count). The Hall–Kier alpha value is -4.86. The average Bonchev–Trinajstić information content (AvgIpc) is 3.31. The Labute approximate surface area is 212 Å². The minimum atomic E-state index is -1.05. The molecule has 0 aliphatic heterocycles. The summed E-state index contributed by atoms with van der Waals surface area (Å²) in [5.74, 6) is -1.02. The molecule has 0 spiro atoms. The van der Waals surface area contributed by atoms with Gasteiger partial charge in [-0.3, -0.25) is 9.78 Å². The smallest absolute Gasteiger partial charge is 0.283 e. The van der Waals surface area contributed by atoms with Gasteiger partial charge in [0.2, 0.25) is 11.9 Å². The molecule has 3 aromatic heterocycles. The lowest BCUT2D eigenvalue weighted by Gasteiger charge is -2.14. The zero-order chi connectivity index (χ0) is 26.1. The molecule has 37 heavy (non-hydrogen) atoms. The Morgan fingerprint density at radius 1 is 1.16 bits per heavy atom. The van der Waals surface area contributed by atoms with E-state index in [4.69, 9.17) is 5.73 Å². The van der Waals surface area contributed by atoms with Crippen LogP contribution in [0.15, 0.2) is 73.3 Å². The summed E-state index contributed by atoms with van der Waals surface area (Å²) in [6, 6.07) is 15.1. The highest BCUT2D eigenvalue weighted by molar-refractivity contribution is 6.04. The molecular formula is C27H25FN8O. The number of amides is 1. The van der Waals surface area contributed by atoms with E-state index in [1.165, 1.54) is 0 Å². The average molecular weight is 497 g/mol. The first-order chi connectivity index (χ1) is 17.8. The first-order valence-corrected chi connectivity index (χ1v) is 11.7. The highest BCUT2D eigenvalue weighted by Gasteiger charge is 2.16. The number of pyridine rings is 1. The Balaban J connectivity index is 1.48. The Bertz CT molecular complexity index is 1660. The van der Waals surface area contributed by atoms with Crippen LogP contribution in [0.2, 0.25) is 0 Å². The molecule has 3 heterocycles. The molecule has 0 saturated heterocycles. The van der Waals surface area contributed by atoms with Gasteiger partial charge in [-0.25, -0.2) is 4.39 Å². The maximum atomic E-state index is 13.1. The predicted octanol–water partition coefficient (Wildman–Crippen LogP) is 5.08. The molecule has 5 aromatic rings. The van der Waals surface area contributed by atoms with Crippen molar-refractivity contribution in [1.82, 2.24) is 24.6 Å². The number of benzene rings is 2. The van der Waals surface area contributed by atoms with Gasteiger partial charge in [0.05, 0.1) is 11.9 Å². The van der Waals surface area contributed by atoms with Crippen LogP contribution in [0.25, 0.3) is 27.7 Å². The molecule has 10 heteroatoms. The van der Waals surface area contributed by atoms with E-state index in [9.17, 15) is 9.18 Å². The number of carbonyl (C=O) groups is 1. The van der Waals surface area contributed by atoms with Crippen LogP contribution in [-0.2, 0) is 11.3 Å². The third-order valence-electron chi connectivity index (χ3n) is 6.01. The number of nitrogen functional groups attached to an aromatic ring is 1. The molecule has 9 nitrogen and oxygen atoms in total. The van der Waals surface area contributed by atoms with Crippen LogP contribution in [0.3, 0.4) is 0 Å². The van der Waals surface area contributed by atoms with Crippen molar-refractivity contribution in [3.05, 3.63) is 84.5 Å². The lowest BCUT2D eigenvalue weighted by Crippen LogP contribution is -2.11. The molecule has 0 saturated carbocycles. The number of carbonyl (C=O) groups excluding carboxylic acids is 1. The second-order valence-corrected chi connectivity index (χ2v) is 8.86. The van der Waals surface area contributed by atoms with Crippen molar-refractivity contribution in [3.8, 4) is 11.3 Å². The quantitative estimate of drug-likeness (QED) is 0.269. The van der Waals surface area contributed by atoms with E-state index < -0.39 is 11.7 Å². The topological polar surface area (TPSA) is 123 Å². The van der Waals surface area contributed by atoms with E-state index in [-0.39, 0.29) is 11.9 Å².